The zero-order valence-corrected chi connectivity index (χ0v) is 21.9. The van der Waals surface area contributed by atoms with E-state index in [0.29, 0.717) is 47.1 Å². The standard InChI is InChI=1S/C33H24N4O4/c38-32-26-11-9-22(13-28(26)34-15-30-24-7-3-1-5-20(24)17-36(30)32)40-19-41-23-10-12-27-29(14-23)35-16-31-25-8-4-2-6-21(25)18-37(31)33(27)39/h1-16,30-31H,17-19H2/t30-,31?/m1/s1. The van der Waals surface area contributed by atoms with Crippen molar-refractivity contribution >= 4 is 35.6 Å². The molecule has 0 fully saturated rings. The molecule has 1 unspecified atom stereocenters. The summed E-state index contributed by atoms with van der Waals surface area (Å²) in [6.07, 6.45) is 3.66. The number of benzene rings is 4. The SMILES string of the molecule is O=C1c2ccc(OCOc3ccc4c(c3)N=C[C@@H]3c5ccccc5CN3C4=O)cc2N=CC2c3ccccc3CN12. The topological polar surface area (TPSA) is 83.8 Å². The summed E-state index contributed by atoms with van der Waals surface area (Å²) in [5.74, 6) is 0.980. The van der Waals surface area contributed by atoms with E-state index < -0.39 is 0 Å². The molecule has 0 aliphatic carbocycles. The first-order chi connectivity index (χ1) is 20.1. The van der Waals surface area contributed by atoms with Crippen molar-refractivity contribution in [2.75, 3.05) is 6.79 Å². The van der Waals surface area contributed by atoms with Gasteiger partial charge in [0.05, 0.1) is 34.6 Å². The third-order valence-electron chi connectivity index (χ3n) is 8.18. The number of hydrogen-bond donors (Lipinski definition) is 0. The number of nitrogens with zero attached hydrogens (tertiary/aromatic N) is 4. The highest BCUT2D eigenvalue weighted by Gasteiger charge is 2.36. The highest BCUT2D eigenvalue weighted by molar-refractivity contribution is 6.04. The molecule has 4 aromatic carbocycles. The van der Waals surface area contributed by atoms with E-state index in [1.807, 2.05) is 58.6 Å². The Labute approximate surface area is 236 Å². The van der Waals surface area contributed by atoms with E-state index in [-0.39, 0.29) is 30.7 Å². The van der Waals surface area contributed by atoms with Crippen LogP contribution in [-0.4, -0.2) is 40.8 Å². The Morgan fingerprint density at radius 2 is 1.10 bits per heavy atom. The molecule has 2 amide bonds. The molecule has 2 atom stereocenters. The van der Waals surface area contributed by atoms with Crippen LogP contribution in [0.2, 0.25) is 0 Å². The van der Waals surface area contributed by atoms with Crippen molar-refractivity contribution in [3.05, 3.63) is 118 Å². The molecule has 0 bridgehead atoms. The van der Waals surface area contributed by atoms with Crippen LogP contribution in [0.4, 0.5) is 11.4 Å². The van der Waals surface area contributed by atoms with Gasteiger partial charge >= 0.3 is 0 Å². The monoisotopic (exact) mass is 540 g/mol. The molecular formula is C33H24N4O4. The van der Waals surface area contributed by atoms with Crippen molar-refractivity contribution in [1.82, 2.24) is 9.80 Å². The molecule has 8 heteroatoms. The lowest BCUT2D eigenvalue weighted by atomic mass is 10.1. The Kier molecular flexibility index (Phi) is 5.28. The first kappa shape index (κ1) is 23.6. The van der Waals surface area contributed by atoms with Gasteiger partial charge < -0.3 is 19.3 Å². The Morgan fingerprint density at radius 3 is 1.59 bits per heavy atom. The number of ether oxygens (including phenoxy) is 2. The summed E-state index contributed by atoms with van der Waals surface area (Å²) in [4.78, 5) is 39.6. The van der Waals surface area contributed by atoms with Crippen molar-refractivity contribution in [2.24, 2.45) is 9.98 Å². The van der Waals surface area contributed by atoms with Crippen molar-refractivity contribution in [1.29, 1.82) is 0 Å². The summed E-state index contributed by atoms with van der Waals surface area (Å²) in [7, 11) is 0. The van der Waals surface area contributed by atoms with Crippen molar-refractivity contribution < 1.29 is 19.1 Å². The van der Waals surface area contributed by atoms with Crippen LogP contribution in [0.5, 0.6) is 11.5 Å². The highest BCUT2D eigenvalue weighted by atomic mass is 16.7. The van der Waals surface area contributed by atoms with Crippen LogP contribution in [0.25, 0.3) is 0 Å². The fraction of sp³-hybridized carbons (Fsp3) is 0.152. The minimum absolute atomic E-state index is 0.0504. The maximum absolute atomic E-state index is 13.3. The van der Waals surface area contributed by atoms with Crippen LogP contribution in [0.1, 0.15) is 55.1 Å². The molecule has 41 heavy (non-hydrogen) atoms. The number of carbonyl (C=O) groups excluding carboxylic acids is 2. The molecule has 8 nitrogen and oxygen atoms in total. The highest BCUT2D eigenvalue weighted by Crippen LogP contribution is 2.40. The maximum atomic E-state index is 13.3. The largest absolute Gasteiger partial charge is 0.457 e. The molecule has 0 saturated heterocycles. The lowest BCUT2D eigenvalue weighted by Gasteiger charge is -2.20. The first-order valence-electron chi connectivity index (χ1n) is 13.5. The molecule has 0 spiro atoms. The van der Waals surface area contributed by atoms with Crippen molar-refractivity contribution in [3.8, 4) is 11.5 Å². The Hall–Kier alpha value is -5.24. The average molecular weight is 541 g/mol. The summed E-state index contributed by atoms with van der Waals surface area (Å²) >= 11 is 0. The molecule has 0 saturated carbocycles. The lowest BCUT2D eigenvalue weighted by Crippen LogP contribution is -2.29. The van der Waals surface area contributed by atoms with Gasteiger partial charge in [-0.3, -0.25) is 19.6 Å². The molecule has 0 aromatic heterocycles. The number of amides is 2. The fourth-order valence-electron chi connectivity index (χ4n) is 6.11. The molecular weight excluding hydrogens is 516 g/mol. The Balaban J connectivity index is 0.973. The van der Waals surface area contributed by atoms with Gasteiger partial charge in [-0.25, -0.2) is 0 Å². The molecule has 4 aliphatic rings. The van der Waals surface area contributed by atoms with Crippen LogP contribution in [0, 0.1) is 0 Å². The predicted molar refractivity (Wildman–Crippen MR) is 153 cm³/mol. The number of fused-ring (bicyclic) bond motifs is 8. The third-order valence-corrected chi connectivity index (χ3v) is 8.18. The van der Waals surface area contributed by atoms with Gasteiger partial charge in [-0.05, 0) is 46.5 Å². The minimum atomic E-state index is -0.173. The van der Waals surface area contributed by atoms with Crippen LogP contribution >= 0.6 is 0 Å². The minimum Gasteiger partial charge on any atom is -0.457 e. The van der Waals surface area contributed by atoms with Crippen molar-refractivity contribution in [2.45, 2.75) is 25.2 Å². The fourth-order valence-corrected chi connectivity index (χ4v) is 6.11. The van der Waals surface area contributed by atoms with E-state index in [4.69, 9.17) is 9.47 Å². The van der Waals surface area contributed by atoms with Gasteiger partial charge in [-0.15, -0.1) is 0 Å². The summed E-state index contributed by atoms with van der Waals surface area (Å²) in [6, 6.07) is 26.3. The van der Waals surface area contributed by atoms with Gasteiger partial charge in [0.1, 0.15) is 11.5 Å². The van der Waals surface area contributed by atoms with Crippen LogP contribution in [0.3, 0.4) is 0 Å². The van der Waals surface area contributed by atoms with Crippen molar-refractivity contribution in [3.63, 3.8) is 0 Å². The summed E-state index contributed by atoms with van der Waals surface area (Å²) in [5.41, 5.74) is 6.74. The maximum Gasteiger partial charge on any atom is 0.257 e. The second-order valence-electron chi connectivity index (χ2n) is 10.5. The molecule has 4 aromatic rings. The van der Waals surface area contributed by atoms with E-state index in [1.165, 1.54) is 0 Å². The zero-order valence-electron chi connectivity index (χ0n) is 21.9. The van der Waals surface area contributed by atoms with E-state index in [9.17, 15) is 9.59 Å². The molecule has 0 N–H and O–H groups in total. The third kappa shape index (κ3) is 3.82. The van der Waals surface area contributed by atoms with Gasteiger partial charge in [-0.2, -0.15) is 0 Å². The number of rotatable bonds is 4. The Bertz CT molecular complexity index is 1680. The number of carbonyl (C=O) groups is 2. The van der Waals surface area contributed by atoms with E-state index in [0.717, 1.165) is 22.3 Å². The summed E-state index contributed by atoms with van der Waals surface area (Å²) < 4.78 is 11.7. The van der Waals surface area contributed by atoms with Crippen LogP contribution < -0.4 is 9.47 Å². The van der Waals surface area contributed by atoms with Crippen LogP contribution in [0.15, 0.2) is 94.9 Å². The molecule has 8 rings (SSSR count). The van der Waals surface area contributed by atoms with E-state index in [1.54, 1.807) is 36.4 Å². The Morgan fingerprint density at radius 1 is 0.634 bits per heavy atom. The average Bonchev–Trinajstić information content (AvgIpc) is 3.49. The predicted octanol–water partition coefficient (Wildman–Crippen LogP) is 5.93. The number of hydrogen-bond acceptors (Lipinski definition) is 6. The zero-order chi connectivity index (χ0) is 27.5. The normalized spacial score (nSPS) is 19.4. The van der Waals surface area contributed by atoms with E-state index >= 15 is 0 Å². The second-order valence-corrected chi connectivity index (χ2v) is 10.5. The molecule has 200 valence electrons. The second kappa shape index (κ2) is 9.16. The smallest absolute Gasteiger partial charge is 0.257 e. The van der Waals surface area contributed by atoms with E-state index in [2.05, 4.69) is 22.1 Å². The molecule has 4 aliphatic heterocycles. The van der Waals surface area contributed by atoms with Gasteiger partial charge in [0, 0.05) is 37.7 Å². The first-order valence-corrected chi connectivity index (χ1v) is 13.5. The van der Waals surface area contributed by atoms with Gasteiger partial charge in [0.2, 0.25) is 6.79 Å². The summed E-state index contributed by atoms with van der Waals surface area (Å²) in [6.45, 7) is 1.08. The lowest BCUT2D eigenvalue weighted by molar-refractivity contribution is 0.0732. The van der Waals surface area contributed by atoms with Gasteiger partial charge in [0.25, 0.3) is 11.8 Å². The molecule has 4 heterocycles. The summed E-state index contributed by atoms with van der Waals surface area (Å²) in [5, 5.41) is 0. The quantitative estimate of drug-likeness (QED) is 0.301. The van der Waals surface area contributed by atoms with Gasteiger partial charge in [-0.1, -0.05) is 48.5 Å². The van der Waals surface area contributed by atoms with Crippen LogP contribution in [-0.2, 0) is 13.1 Å². The number of aliphatic imine (C=N–C) groups is 2. The molecule has 0 radical (unpaired) electrons. The van der Waals surface area contributed by atoms with Gasteiger partial charge in [0.15, 0.2) is 0 Å².